The number of rotatable bonds is 16. The summed E-state index contributed by atoms with van der Waals surface area (Å²) in [6, 6.07) is 10.4. The Hall–Kier alpha value is -5.24. The lowest BCUT2D eigenvalue weighted by atomic mass is 10.0. The number of carbonyl (C=O) groups is 6. The van der Waals surface area contributed by atoms with Crippen LogP contribution in [0.1, 0.15) is 30.4 Å². The average Bonchev–Trinajstić information content (AvgIpc) is 3.36. The van der Waals surface area contributed by atoms with E-state index < -0.39 is 79.0 Å². The fourth-order valence-corrected chi connectivity index (χ4v) is 4.45. The molecule has 10 N–H and O–H groups in total. The van der Waals surface area contributed by atoms with Gasteiger partial charge in [0.05, 0.1) is 12.5 Å². The van der Waals surface area contributed by atoms with Crippen LogP contribution in [0, 0.1) is 0 Å². The minimum Gasteiger partial charge on any atom is -0.481 e. The summed E-state index contributed by atoms with van der Waals surface area (Å²) in [5, 5.41) is 26.4. The van der Waals surface area contributed by atoms with E-state index >= 15 is 0 Å². The lowest BCUT2D eigenvalue weighted by Crippen LogP contribution is -2.58. The number of aliphatic carboxylic acids is 2. The Morgan fingerprint density at radius 2 is 1.37 bits per heavy atom. The lowest BCUT2D eigenvalue weighted by molar-refractivity contribution is -0.143. The summed E-state index contributed by atoms with van der Waals surface area (Å²) in [7, 11) is 0. The van der Waals surface area contributed by atoms with Crippen LogP contribution < -0.4 is 27.4 Å². The number of carboxylic acid groups (broad SMARTS) is 2. The Morgan fingerprint density at radius 1 is 0.767 bits per heavy atom. The molecule has 0 radical (unpaired) electrons. The number of primary amides is 1. The van der Waals surface area contributed by atoms with Crippen LogP contribution in [-0.2, 0) is 41.6 Å². The smallest absolute Gasteiger partial charge is 0.326 e. The van der Waals surface area contributed by atoms with Crippen molar-refractivity contribution in [3.8, 4) is 0 Å². The van der Waals surface area contributed by atoms with Crippen LogP contribution in [0.25, 0.3) is 10.9 Å². The van der Waals surface area contributed by atoms with Crippen LogP contribution in [0.15, 0.2) is 60.8 Å². The van der Waals surface area contributed by atoms with Gasteiger partial charge < -0.3 is 42.6 Å². The lowest BCUT2D eigenvalue weighted by Gasteiger charge is -2.25. The van der Waals surface area contributed by atoms with Gasteiger partial charge in [-0.15, -0.1) is 0 Å². The Labute approximate surface area is 246 Å². The molecule has 0 saturated carbocycles. The molecule has 3 aromatic rings. The van der Waals surface area contributed by atoms with Crippen molar-refractivity contribution >= 4 is 46.5 Å². The van der Waals surface area contributed by atoms with E-state index in [1.54, 1.807) is 36.5 Å². The van der Waals surface area contributed by atoms with Gasteiger partial charge in [0.2, 0.25) is 23.6 Å². The molecule has 0 fully saturated rings. The number of fused-ring (bicyclic) bond motifs is 1. The molecule has 3 rings (SSSR count). The van der Waals surface area contributed by atoms with E-state index in [1.165, 1.54) is 0 Å². The molecule has 2 aromatic carbocycles. The molecule has 0 aliphatic rings. The molecular weight excluding hydrogens is 560 g/mol. The number of aromatic nitrogens is 1. The Balaban J connectivity index is 1.75. The number of H-pyrrole nitrogens is 1. The van der Waals surface area contributed by atoms with Gasteiger partial charge >= 0.3 is 11.9 Å². The summed E-state index contributed by atoms with van der Waals surface area (Å²) >= 11 is 0. The molecule has 0 spiro atoms. The van der Waals surface area contributed by atoms with Crippen LogP contribution in [0.5, 0.6) is 0 Å². The standard InChI is InChI=1S/C29H34N6O8/c30-19(13-17-15-32-20-9-5-4-8-18(17)20)26(39)34-23(14-24(31)36)28(41)35-22(12-16-6-2-1-3-7-16)27(40)33-21(29(42)43)10-11-25(37)38/h1-9,15,19,21-23,32H,10-14,30H2,(H2,31,36)(H,33,40)(H,34,39)(H,35,41)(H,37,38)(H,42,43). The van der Waals surface area contributed by atoms with Crippen LogP contribution in [0.2, 0.25) is 0 Å². The van der Waals surface area contributed by atoms with E-state index in [0.29, 0.717) is 5.56 Å². The van der Waals surface area contributed by atoms with Gasteiger partial charge in [0.1, 0.15) is 18.1 Å². The van der Waals surface area contributed by atoms with E-state index in [4.69, 9.17) is 16.6 Å². The van der Waals surface area contributed by atoms with E-state index in [2.05, 4.69) is 20.9 Å². The number of nitrogens with two attached hydrogens (primary N) is 2. The molecule has 14 nitrogen and oxygen atoms in total. The molecule has 43 heavy (non-hydrogen) atoms. The second-order valence-corrected chi connectivity index (χ2v) is 9.98. The van der Waals surface area contributed by atoms with E-state index in [9.17, 15) is 33.9 Å². The molecule has 228 valence electrons. The van der Waals surface area contributed by atoms with Gasteiger partial charge in [-0.05, 0) is 30.0 Å². The van der Waals surface area contributed by atoms with E-state index in [0.717, 1.165) is 16.5 Å². The van der Waals surface area contributed by atoms with Gasteiger partial charge in [-0.3, -0.25) is 24.0 Å². The van der Waals surface area contributed by atoms with Gasteiger partial charge in [-0.1, -0.05) is 48.5 Å². The van der Waals surface area contributed by atoms with Gasteiger partial charge in [0.25, 0.3) is 0 Å². The highest BCUT2D eigenvalue weighted by atomic mass is 16.4. The summed E-state index contributed by atoms with van der Waals surface area (Å²) in [4.78, 5) is 76.9. The van der Waals surface area contributed by atoms with Crippen molar-refractivity contribution in [2.24, 2.45) is 11.5 Å². The normalized spacial score (nSPS) is 13.7. The van der Waals surface area contributed by atoms with Crippen molar-refractivity contribution in [2.75, 3.05) is 0 Å². The number of benzene rings is 2. The largest absolute Gasteiger partial charge is 0.481 e. The fraction of sp³-hybridized carbons (Fsp3) is 0.310. The number of nitrogens with one attached hydrogen (secondary N) is 4. The average molecular weight is 595 g/mol. The summed E-state index contributed by atoms with van der Waals surface area (Å²) in [5.74, 6) is -6.19. The first-order valence-electron chi connectivity index (χ1n) is 13.4. The molecule has 0 aliphatic heterocycles. The second-order valence-electron chi connectivity index (χ2n) is 9.98. The monoisotopic (exact) mass is 594 g/mol. The Kier molecular flexibility index (Phi) is 11.3. The molecular formula is C29H34N6O8. The predicted octanol–water partition coefficient (Wildman–Crippen LogP) is -0.440. The van der Waals surface area contributed by atoms with Gasteiger partial charge in [-0.25, -0.2) is 4.79 Å². The zero-order valence-corrected chi connectivity index (χ0v) is 23.1. The topological polar surface area (TPSA) is 247 Å². The van der Waals surface area contributed by atoms with Gasteiger partial charge in [-0.2, -0.15) is 0 Å². The fourth-order valence-electron chi connectivity index (χ4n) is 4.45. The van der Waals surface area contributed by atoms with Crippen LogP contribution >= 0.6 is 0 Å². The summed E-state index contributed by atoms with van der Waals surface area (Å²) in [5.41, 5.74) is 13.7. The maximum atomic E-state index is 13.3. The number of hydrogen-bond acceptors (Lipinski definition) is 7. The summed E-state index contributed by atoms with van der Waals surface area (Å²) < 4.78 is 0. The first kappa shape index (κ1) is 32.3. The van der Waals surface area contributed by atoms with Crippen molar-refractivity contribution in [3.05, 3.63) is 71.9 Å². The van der Waals surface area contributed by atoms with Crippen LogP contribution in [-0.4, -0.2) is 74.9 Å². The third kappa shape index (κ3) is 9.67. The first-order chi connectivity index (χ1) is 20.4. The molecule has 0 bridgehead atoms. The molecule has 1 heterocycles. The van der Waals surface area contributed by atoms with E-state index in [-0.39, 0.29) is 12.8 Å². The number of carboxylic acids is 2. The highest BCUT2D eigenvalue weighted by molar-refractivity contribution is 5.96. The quantitative estimate of drug-likeness (QED) is 0.107. The third-order valence-electron chi connectivity index (χ3n) is 6.67. The predicted molar refractivity (Wildman–Crippen MR) is 154 cm³/mol. The number of para-hydroxylation sites is 1. The zero-order valence-electron chi connectivity index (χ0n) is 23.1. The third-order valence-corrected chi connectivity index (χ3v) is 6.67. The summed E-state index contributed by atoms with van der Waals surface area (Å²) in [6.07, 6.45) is 0.246. The highest BCUT2D eigenvalue weighted by Crippen LogP contribution is 2.19. The maximum Gasteiger partial charge on any atom is 0.326 e. The molecule has 14 heteroatoms. The second kappa shape index (κ2) is 15.1. The van der Waals surface area contributed by atoms with Crippen molar-refractivity contribution in [1.82, 2.24) is 20.9 Å². The highest BCUT2D eigenvalue weighted by Gasteiger charge is 2.31. The van der Waals surface area contributed by atoms with Crippen molar-refractivity contribution in [3.63, 3.8) is 0 Å². The minimum absolute atomic E-state index is 0.0823. The molecule has 4 amide bonds. The number of amides is 4. The molecule has 1 aromatic heterocycles. The van der Waals surface area contributed by atoms with Crippen molar-refractivity contribution < 1.29 is 39.0 Å². The number of hydrogen-bond donors (Lipinski definition) is 8. The maximum absolute atomic E-state index is 13.3. The van der Waals surface area contributed by atoms with Gasteiger partial charge in [0.15, 0.2) is 0 Å². The molecule has 4 unspecified atom stereocenters. The molecule has 0 saturated heterocycles. The Morgan fingerprint density at radius 3 is 2.02 bits per heavy atom. The number of carbonyl (C=O) groups excluding carboxylic acids is 4. The Bertz CT molecular complexity index is 1470. The van der Waals surface area contributed by atoms with Crippen LogP contribution in [0.3, 0.4) is 0 Å². The van der Waals surface area contributed by atoms with Crippen molar-refractivity contribution in [2.45, 2.75) is 56.3 Å². The van der Waals surface area contributed by atoms with Crippen molar-refractivity contribution in [1.29, 1.82) is 0 Å². The summed E-state index contributed by atoms with van der Waals surface area (Å²) in [6.45, 7) is 0. The zero-order chi connectivity index (χ0) is 31.5. The first-order valence-corrected chi connectivity index (χ1v) is 13.4. The minimum atomic E-state index is -1.54. The van der Waals surface area contributed by atoms with Gasteiger partial charge in [0, 0.05) is 29.9 Å². The van der Waals surface area contributed by atoms with Crippen LogP contribution in [0.4, 0.5) is 0 Å². The molecule has 4 atom stereocenters. The number of aromatic amines is 1. The van der Waals surface area contributed by atoms with E-state index in [1.807, 2.05) is 24.3 Å². The molecule has 0 aliphatic carbocycles. The SMILES string of the molecule is NC(=O)CC(NC(=O)C(N)Cc1c[nH]c2ccccc12)C(=O)NC(Cc1ccccc1)C(=O)NC(CCC(=O)O)C(=O)O.